The second-order valence-corrected chi connectivity index (χ2v) is 6.22. The van der Waals surface area contributed by atoms with E-state index in [1.165, 1.54) is 18.3 Å². The number of hydrogen-bond donors (Lipinski definition) is 2. The van der Waals surface area contributed by atoms with Crippen LogP contribution in [0.4, 0.5) is 19.5 Å². The molecule has 0 saturated heterocycles. The summed E-state index contributed by atoms with van der Waals surface area (Å²) < 4.78 is 27.1. The van der Waals surface area contributed by atoms with Gasteiger partial charge in [-0.15, -0.1) is 5.10 Å². The van der Waals surface area contributed by atoms with Gasteiger partial charge in [-0.1, -0.05) is 42.5 Å². The Labute approximate surface area is 153 Å². The van der Waals surface area contributed by atoms with E-state index in [0.717, 1.165) is 11.6 Å². The van der Waals surface area contributed by atoms with Crippen LogP contribution in [0.25, 0.3) is 11.3 Å². The number of amides is 2. The average Bonchev–Trinajstić information content (AvgIpc) is 3.43. The van der Waals surface area contributed by atoms with Gasteiger partial charge in [-0.2, -0.15) is 5.10 Å². The largest absolute Gasteiger partial charge is 0.334 e. The van der Waals surface area contributed by atoms with Crippen molar-refractivity contribution in [1.29, 1.82) is 0 Å². The quantitative estimate of drug-likeness (QED) is 0.740. The fraction of sp³-hybridized carbons (Fsp3) is 0.158. The van der Waals surface area contributed by atoms with E-state index < -0.39 is 17.7 Å². The molecule has 1 aliphatic carbocycles. The highest BCUT2D eigenvalue weighted by Gasteiger charge is 2.41. The number of halogens is 2. The van der Waals surface area contributed by atoms with E-state index in [9.17, 15) is 13.6 Å². The number of benzene rings is 2. The Morgan fingerprint density at radius 2 is 1.89 bits per heavy atom. The summed E-state index contributed by atoms with van der Waals surface area (Å²) in [6, 6.07) is 12.6. The van der Waals surface area contributed by atoms with Crippen molar-refractivity contribution in [3.63, 3.8) is 0 Å². The zero-order chi connectivity index (χ0) is 18.8. The van der Waals surface area contributed by atoms with Gasteiger partial charge >= 0.3 is 6.03 Å². The highest BCUT2D eigenvalue weighted by atomic mass is 19.2. The van der Waals surface area contributed by atoms with Crippen LogP contribution >= 0.6 is 0 Å². The lowest BCUT2D eigenvalue weighted by atomic mass is 10.1. The topological polar surface area (TPSA) is 79.8 Å². The molecule has 27 heavy (non-hydrogen) atoms. The molecule has 0 bridgehead atoms. The Hall–Kier alpha value is -3.42. The fourth-order valence-electron chi connectivity index (χ4n) is 2.92. The summed E-state index contributed by atoms with van der Waals surface area (Å²) in [5.41, 5.74) is 1.69. The van der Waals surface area contributed by atoms with Crippen molar-refractivity contribution < 1.29 is 13.6 Å². The molecule has 1 heterocycles. The van der Waals surface area contributed by atoms with E-state index in [0.29, 0.717) is 12.1 Å². The minimum atomic E-state index is -0.889. The maximum atomic E-state index is 13.8. The van der Waals surface area contributed by atoms with Gasteiger partial charge in [0.05, 0.1) is 11.9 Å². The first-order chi connectivity index (χ1) is 13.1. The monoisotopic (exact) mass is 367 g/mol. The molecule has 2 amide bonds. The second kappa shape index (κ2) is 7.06. The predicted octanol–water partition coefficient (Wildman–Crippen LogP) is 3.49. The van der Waals surface area contributed by atoms with Crippen LogP contribution in [0.15, 0.2) is 54.7 Å². The molecule has 1 aromatic heterocycles. The summed E-state index contributed by atoms with van der Waals surface area (Å²) in [6.07, 6.45) is 2.04. The molecule has 0 radical (unpaired) electrons. The lowest BCUT2D eigenvalue weighted by Crippen LogP contribution is -2.32. The van der Waals surface area contributed by atoms with E-state index in [4.69, 9.17) is 0 Å². The molecule has 1 fully saturated rings. The van der Waals surface area contributed by atoms with Crippen molar-refractivity contribution in [3.05, 3.63) is 71.9 Å². The normalized spacial score (nSPS) is 18.0. The molecule has 0 aliphatic heterocycles. The van der Waals surface area contributed by atoms with Crippen LogP contribution in [0.1, 0.15) is 17.9 Å². The summed E-state index contributed by atoms with van der Waals surface area (Å²) in [5, 5.41) is 12.9. The third-order valence-electron chi connectivity index (χ3n) is 4.34. The van der Waals surface area contributed by atoms with E-state index in [-0.39, 0.29) is 23.5 Å². The van der Waals surface area contributed by atoms with Gasteiger partial charge in [0.1, 0.15) is 0 Å². The standard InChI is InChI=1S/C19H15F2N5O/c20-14-8-4-7-12(17(14)21)13-9-15(13)24-19(27)25-18-23-16(10-22-26-18)11-5-2-1-3-6-11/h1-8,10,13,15H,9H2,(H2,23,24,25,26,27)/t13-,15-/m1/s1. The van der Waals surface area contributed by atoms with Gasteiger partial charge in [0, 0.05) is 17.5 Å². The van der Waals surface area contributed by atoms with Crippen LogP contribution in [0, 0.1) is 11.6 Å². The maximum absolute atomic E-state index is 13.8. The molecule has 2 atom stereocenters. The number of nitrogens with zero attached hydrogens (tertiary/aromatic N) is 3. The average molecular weight is 367 g/mol. The van der Waals surface area contributed by atoms with Crippen molar-refractivity contribution in [2.75, 3.05) is 5.32 Å². The van der Waals surface area contributed by atoms with Gasteiger partial charge < -0.3 is 5.32 Å². The van der Waals surface area contributed by atoms with Gasteiger partial charge in [0.25, 0.3) is 5.95 Å². The van der Waals surface area contributed by atoms with E-state index in [1.54, 1.807) is 0 Å². The molecule has 2 aromatic carbocycles. The second-order valence-electron chi connectivity index (χ2n) is 6.22. The SMILES string of the molecule is O=C(Nc1nncc(-c2ccccc2)n1)N[C@@H]1C[C@@H]1c1cccc(F)c1F. The zero-order valence-corrected chi connectivity index (χ0v) is 14.1. The Balaban J connectivity index is 1.39. The molecule has 0 spiro atoms. The molecule has 136 valence electrons. The third-order valence-corrected chi connectivity index (χ3v) is 4.34. The van der Waals surface area contributed by atoms with Crippen LogP contribution < -0.4 is 10.6 Å². The van der Waals surface area contributed by atoms with E-state index >= 15 is 0 Å². The van der Waals surface area contributed by atoms with Gasteiger partial charge in [0.15, 0.2) is 11.6 Å². The number of hydrogen-bond acceptors (Lipinski definition) is 4. The molecular weight excluding hydrogens is 352 g/mol. The predicted molar refractivity (Wildman–Crippen MR) is 94.9 cm³/mol. The lowest BCUT2D eigenvalue weighted by Gasteiger charge is -2.07. The number of anilines is 1. The van der Waals surface area contributed by atoms with Gasteiger partial charge in [-0.05, 0) is 18.1 Å². The molecule has 1 saturated carbocycles. The number of nitrogens with one attached hydrogen (secondary N) is 2. The van der Waals surface area contributed by atoms with Gasteiger partial charge in [-0.3, -0.25) is 5.32 Å². The Bertz CT molecular complexity index is 983. The molecule has 8 heteroatoms. The third kappa shape index (κ3) is 3.74. The number of carbonyl (C=O) groups is 1. The number of carbonyl (C=O) groups excluding carboxylic acids is 1. The molecule has 4 rings (SSSR count). The van der Waals surface area contributed by atoms with Crippen LogP contribution in [0.2, 0.25) is 0 Å². The van der Waals surface area contributed by atoms with Crippen LogP contribution in [0.3, 0.4) is 0 Å². The van der Waals surface area contributed by atoms with Crippen molar-refractivity contribution in [3.8, 4) is 11.3 Å². The highest BCUT2D eigenvalue weighted by molar-refractivity contribution is 5.88. The van der Waals surface area contributed by atoms with Crippen molar-refractivity contribution >= 4 is 12.0 Å². The first-order valence-corrected chi connectivity index (χ1v) is 8.38. The Morgan fingerprint density at radius 1 is 1.07 bits per heavy atom. The summed E-state index contributed by atoms with van der Waals surface area (Å²) in [4.78, 5) is 16.4. The summed E-state index contributed by atoms with van der Waals surface area (Å²) in [6.45, 7) is 0. The van der Waals surface area contributed by atoms with Gasteiger partial charge in [-0.25, -0.2) is 18.6 Å². The zero-order valence-electron chi connectivity index (χ0n) is 14.1. The van der Waals surface area contributed by atoms with Crippen LogP contribution in [-0.2, 0) is 0 Å². The number of rotatable bonds is 4. The van der Waals surface area contributed by atoms with Crippen molar-refractivity contribution in [1.82, 2.24) is 20.5 Å². The Morgan fingerprint density at radius 3 is 2.70 bits per heavy atom. The van der Waals surface area contributed by atoms with Crippen molar-refractivity contribution in [2.45, 2.75) is 18.4 Å². The van der Waals surface area contributed by atoms with Gasteiger partial charge in [0.2, 0.25) is 0 Å². The summed E-state index contributed by atoms with van der Waals surface area (Å²) in [5.74, 6) is -1.95. The first-order valence-electron chi connectivity index (χ1n) is 8.38. The number of urea groups is 1. The van der Waals surface area contributed by atoms with E-state index in [1.807, 2.05) is 30.3 Å². The maximum Gasteiger partial charge on any atom is 0.321 e. The molecular formula is C19H15F2N5O. The minimum absolute atomic E-state index is 0.0583. The van der Waals surface area contributed by atoms with Crippen molar-refractivity contribution in [2.24, 2.45) is 0 Å². The summed E-state index contributed by atoms with van der Waals surface area (Å²) >= 11 is 0. The minimum Gasteiger partial charge on any atom is -0.334 e. The molecule has 6 nitrogen and oxygen atoms in total. The summed E-state index contributed by atoms with van der Waals surface area (Å²) in [7, 11) is 0. The molecule has 0 unspecified atom stereocenters. The van der Waals surface area contributed by atoms with Crippen LogP contribution in [-0.4, -0.2) is 27.3 Å². The lowest BCUT2D eigenvalue weighted by molar-refractivity contribution is 0.251. The van der Waals surface area contributed by atoms with E-state index in [2.05, 4.69) is 25.8 Å². The Kier molecular flexibility index (Phi) is 4.45. The smallest absolute Gasteiger partial charge is 0.321 e. The molecule has 2 N–H and O–H groups in total. The molecule has 3 aromatic rings. The van der Waals surface area contributed by atoms with Crippen LogP contribution in [0.5, 0.6) is 0 Å². The first kappa shape index (κ1) is 17.0. The highest BCUT2D eigenvalue weighted by Crippen LogP contribution is 2.42. The fourth-order valence-corrected chi connectivity index (χ4v) is 2.92. The molecule has 1 aliphatic rings. The number of aromatic nitrogens is 3.